The van der Waals surface area contributed by atoms with Gasteiger partial charge in [0.05, 0.1) is 39.9 Å². The number of likely N-dealkylation sites (N-methyl/N-ethyl adjacent to an activating group) is 1. The number of nitrogens with one attached hydrogen (secondary N) is 1. The lowest BCUT2D eigenvalue weighted by atomic mass is 10.0. The van der Waals surface area contributed by atoms with Crippen LogP contribution in [0.2, 0.25) is 0 Å². The van der Waals surface area contributed by atoms with E-state index in [1.54, 1.807) is 0 Å². The maximum absolute atomic E-state index is 12.8. The Kier molecular flexibility index (Phi) is 29.0. The quantitative estimate of drug-likeness (QED) is 0.0285. The fourth-order valence-electron chi connectivity index (χ4n) is 4.94. The van der Waals surface area contributed by atoms with Crippen molar-refractivity contribution in [3.63, 3.8) is 0 Å². The molecule has 0 aromatic heterocycles. The summed E-state index contributed by atoms with van der Waals surface area (Å²) in [5.41, 5.74) is 0. The Balaban J connectivity index is 4.49. The molecule has 0 fully saturated rings. The predicted molar refractivity (Wildman–Crippen MR) is 194 cm³/mol. The molecule has 3 atom stereocenters. The fourth-order valence-corrected chi connectivity index (χ4v) is 5.68. The maximum atomic E-state index is 12.8. The smallest absolute Gasteiger partial charge is 0.391 e. The number of hydrogen-bond donors (Lipinski definition) is 3. The highest BCUT2D eigenvalue weighted by Gasteiger charge is 2.28. The number of aliphatic hydroxyl groups is 1. The third-order valence-corrected chi connectivity index (χ3v) is 8.89. The van der Waals surface area contributed by atoms with Crippen LogP contribution in [0.1, 0.15) is 142 Å². The zero-order valence-electron chi connectivity index (χ0n) is 30.3. The van der Waals surface area contributed by atoms with E-state index >= 15 is 0 Å². The lowest BCUT2D eigenvalue weighted by Crippen LogP contribution is -2.46. The van der Waals surface area contributed by atoms with Gasteiger partial charge in [-0.2, -0.15) is 0 Å². The first kappa shape index (κ1) is 44.7. The molecule has 1 amide bonds. The summed E-state index contributed by atoms with van der Waals surface area (Å²) in [6, 6.07) is -0.765. The summed E-state index contributed by atoms with van der Waals surface area (Å²) in [6.45, 7) is 4.70. The van der Waals surface area contributed by atoms with Gasteiger partial charge in [-0.3, -0.25) is 13.8 Å². The number of rotatable bonds is 32. The summed E-state index contributed by atoms with van der Waals surface area (Å²) in [5.74, 6) is -0.167. The van der Waals surface area contributed by atoms with Gasteiger partial charge in [0, 0.05) is 6.42 Å². The van der Waals surface area contributed by atoms with Crippen LogP contribution in [0.25, 0.3) is 0 Å². The van der Waals surface area contributed by atoms with Crippen LogP contribution in [-0.2, 0) is 18.4 Å². The fraction of sp³-hybridized carbons (Fsp3) is 0.811. The lowest BCUT2D eigenvalue weighted by Gasteiger charge is -2.26. The van der Waals surface area contributed by atoms with Crippen LogP contribution < -0.4 is 5.32 Å². The molecule has 0 spiro atoms. The van der Waals surface area contributed by atoms with Gasteiger partial charge in [0.1, 0.15) is 13.2 Å². The van der Waals surface area contributed by atoms with Gasteiger partial charge in [0.15, 0.2) is 0 Å². The summed E-state index contributed by atoms with van der Waals surface area (Å²) in [4.78, 5) is 22.9. The molecule has 0 aliphatic rings. The monoisotopic (exact) mass is 672 g/mol. The molecule has 0 aliphatic heterocycles. The first-order valence-electron chi connectivity index (χ1n) is 18.4. The highest BCUT2D eigenvalue weighted by atomic mass is 31.2. The number of carbonyl (C=O) groups excluding carboxylic acids is 1. The molecule has 8 nitrogen and oxygen atoms in total. The highest BCUT2D eigenvalue weighted by molar-refractivity contribution is 7.47. The van der Waals surface area contributed by atoms with Gasteiger partial charge in [-0.15, -0.1) is 0 Å². The molecule has 270 valence electrons. The lowest BCUT2D eigenvalue weighted by molar-refractivity contribution is -0.870. The molecule has 0 bridgehead atoms. The van der Waals surface area contributed by atoms with Crippen LogP contribution in [-0.4, -0.2) is 73.4 Å². The van der Waals surface area contributed by atoms with Crippen LogP contribution in [0.3, 0.4) is 0 Å². The van der Waals surface area contributed by atoms with E-state index in [1.165, 1.54) is 38.5 Å². The number of allylic oxidation sites excluding steroid dienone is 6. The standard InChI is InChI=1S/C37H71N2O6P/c1-6-8-10-12-14-16-17-18-19-20-21-23-25-27-29-31-37(41)38-35(34-45-46(42,43)44-33-32-39(3,4)5)36(40)30-28-26-24-22-15-13-11-9-7-2/h8,10,14,16,18-19,35-36,40H,6-7,9,11-13,15,17,20-34H2,1-5H3,(H-,38,41,42,43)/p+1/b10-8-,16-14-,19-18-. The Morgan fingerprint density at radius 3 is 1.91 bits per heavy atom. The number of aliphatic hydroxyl groups excluding tert-OH is 1. The number of nitrogens with zero attached hydrogens (tertiary/aromatic N) is 1. The number of hydrogen-bond acceptors (Lipinski definition) is 5. The van der Waals surface area contributed by atoms with Crippen molar-refractivity contribution in [1.29, 1.82) is 0 Å². The van der Waals surface area contributed by atoms with Gasteiger partial charge in [-0.1, -0.05) is 127 Å². The van der Waals surface area contributed by atoms with E-state index in [0.29, 0.717) is 23.9 Å². The molecule has 0 aromatic carbocycles. The molecule has 3 unspecified atom stereocenters. The van der Waals surface area contributed by atoms with Crippen LogP contribution in [0, 0.1) is 0 Å². The predicted octanol–water partition coefficient (Wildman–Crippen LogP) is 9.18. The Morgan fingerprint density at radius 2 is 1.30 bits per heavy atom. The Hall–Kier alpha value is -1.28. The first-order valence-corrected chi connectivity index (χ1v) is 19.8. The molecule has 46 heavy (non-hydrogen) atoms. The molecular formula is C37H72N2O6P+. The molecule has 0 radical (unpaired) electrons. The molecule has 0 aromatic rings. The number of carbonyl (C=O) groups is 1. The maximum Gasteiger partial charge on any atom is 0.472 e. The Bertz CT molecular complexity index is 855. The molecule has 0 aliphatic carbocycles. The van der Waals surface area contributed by atoms with Gasteiger partial charge >= 0.3 is 7.82 Å². The van der Waals surface area contributed by atoms with E-state index in [-0.39, 0.29) is 19.1 Å². The Morgan fingerprint density at radius 1 is 0.761 bits per heavy atom. The van der Waals surface area contributed by atoms with Crippen molar-refractivity contribution in [2.75, 3.05) is 40.9 Å². The summed E-state index contributed by atoms with van der Waals surface area (Å²) in [7, 11) is 1.59. The van der Waals surface area contributed by atoms with Crippen LogP contribution >= 0.6 is 7.82 Å². The normalized spacial score (nSPS) is 15.2. The first-order chi connectivity index (χ1) is 22.0. The van der Waals surface area contributed by atoms with Crippen molar-refractivity contribution in [2.45, 2.75) is 154 Å². The number of phosphoric acid groups is 1. The van der Waals surface area contributed by atoms with Gasteiger partial charge in [0.2, 0.25) is 5.91 Å². The summed E-state index contributed by atoms with van der Waals surface area (Å²) < 4.78 is 23.4. The number of unbranched alkanes of at least 4 members (excludes halogenated alkanes) is 13. The average molecular weight is 672 g/mol. The second kappa shape index (κ2) is 29.8. The van der Waals surface area contributed by atoms with E-state index in [0.717, 1.165) is 77.0 Å². The SMILES string of the molecule is CC/C=C\C/C=C\C/C=C\CCCCCCCC(=O)NC(COP(=O)(O)OCC[N+](C)(C)C)C(O)CCCCCCCCCCC. The molecule has 9 heteroatoms. The van der Waals surface area contributed by atoms with Crippen molar-refractivity contribution in [3.8, 4) is 0 Å². The highest BCUT2D eigenvalue weighted by Crippen LogP contribution is 2.43. The summed E-state index contributed by atoms with van der Waals surface area (Å²) in [5, 5.41) is 13.8. The van der Waals surface area contributed by atoms with Crippen molar-refractivity contribution < 1.29 is 32.9 Å². The van der Waals surface area contributed by atoms with Crippen molar-refractivity contribution >= 4 is 13.7 Å². The average Bonchev–Trinajstić information content (AvgIpc) is 2.99. The summed E-state index contributed by atoms with van der Waals surface area (Å²) >= 11 is 0. The third kappa shape index (κ3) is 31.3. The third-order valence-electron chi connectivity index (χ3n) is 7.90. The summed E-state index contributed by atoms with van der Waals surface area (Å²) in [6.07, 6.45) is 33.1. The molecule has 0 saturated heterocycles. The second-order valence-electron chi connectivity index (χ2n) is 13.6. The molecule has 0 saturated carbocycles. The number of amides is 1. The minimum absolute atomic E-state index is 0.0696. The van der Waals surface area contributed by atoms with Gasteiger partial charge in [0.25, 0.3) is 0 Å². The number of phosphoric ester groups is 1. The van der Waals surface area contributed by atoms with Crippen LogP contribution in [0.4, 0.5) is 0 Å². The molecular weight excluding hydrogens is 599 g/mol. The van der Waals surface area contributed by atoms with Gasteiger partial charge < -0.3 is 19.8 Å². The topological polar surface area (TPSA) is 105 Å². The molecule has 3 N–H and O–H groups in total. The van der Waals surface area contributed by atoms with Crippen molar-refractivity contribution in [2.24, 2.45) is 0 Å². The molecule has 0 rings (SSSR count). The number of quaternary nitrogens is 1. The Labute approximate surface area is 283 Å². The minimum atomic E-state index is -4.30. The van der Waals surface area contributed by atoms with E-state index in [4.69, 9.17) is 9.05 Å². The van der Waals surface area contributed by atoms with Crippen LogP contribution in [0.15, 0.2) is 36.5 Å². The van der Waals surface area contributed by atoms with E-state index < -0.39 is 20.0 Å². The van der Waals surface area contributed by atoms with Gasteiger partial charge in [-0.25, -0.2) is 4.57 Å². The van der Waals surface area contributed by atoms with Crippen molar-refractivity contribution in [3.05, 3.63) is 36.5 Å². The second-order valence-corrected chi connectivity index (χ2v) is 15.0. The zero-order chi connectivity index (χ0) is 34.4. The largest absolute Gasteiger partial charge is 0.472 e. The van der Waals surface area contributed by atoms with Gasteiger partial charge in [-0.05, 0) is 44.9 Å². The minimum Gasteiger partial charge on any atom is -0.391 e. The zero-order valence-corrected chi connectivity index (χ0v) is 31.2. The van der Waals surface area contributed by atoms with E-state index in [9.17, 15) is 19.4 Å². The van der Waals surface area contributed by atoms with E-state index in [2.05, 4.69) is 55.6 Å². The van der Waals surface area contributed by atoms with Crippen molar-refractivity contribution in [1.82, 2.24) is 5.32 Å². The van der Waals surface area contributed by atoms with Crippen LogP contribution in [0.5, 0.6) is 0 Å². The molecule has 0 heterocycles. The van der Waals surface area contributed by atoms with E-state index in [1.807, 2.05) is 21.1 Å².